The van der Waals surface area contributed by atoms with Crippen molar-refractivity contribution in [1.82, 2.24) is 9.97 Å². The van der Waals surface area contributed by atoms with Crippen LogP contribution in [-0.4, -0.2) is 29.7 Å². The summed E-state index contributed by atoms with van der Waals surface area (Å²) >= 11 is 0. The summed E-state index contributed by atoms with van der Waals surface area (Å²) in [6.07, 6.45) is 2.12. The predicted octanol–water partition coefficient (Wildman–Crippen LogP) is 1.30. The lowest BCUT2D eigenvalue weighted by molar-refractivity contribution is 0.182. The maximum absolute atomic E-state index is 5.34. The molecule has 0 saturated carbocycles. The Hall–Kier alpha value is -1.40. The zero-order chi connectivity index (χ0) is 12.7. The quantitative estimate of drug-likeness (QED) is 0.491. The van der Waals surface area contributed by atoms with Crippen LogP contribution in [0.3, 0.4) is 0 Å². The summed E-state index contributed by atoms with van der Waals surface area (Å²) in [6, 6.07) is 2.04. The van der Waals surface area contributed by atoms with Crippen molar-refractivity contribution in [2.45, 2.75) is 32.7 Å². The van der Waals surface area contributed by atoms with Gasteiger partial charge in [0.1, 0.15) is 17.5 Å². The fraction of sp³-hybridized carbons (Fsp3) is 0.636. The van der Waals surface area contributed by atoms with Crippen LogP contribution < -0.4 is 16.6 Å². The van der Waals surface area contributed by atoms with Gasteiger partial charge in [-0.05, 0) is 13.3 Å². The summed E-state index contributed by atoms with van der Waals surface area (Å²) in [5, 5.41) is 3.32. The summed E-state index contributed by atoms with van der Waals surface area (Å²) in [7, 11) is 1.70. The van der Waals surface area contributed by atoms with Crippen molar-refractivity contribution in [3.8, 4) is 0 Å². The molecule has 0 amide bonds. The summed E-state index contributed by atoms with van der Waals surface area (Å²) < 4.78 is 5.17. The van der Waals surface area contributed by atoms with E-state index in [0.717, 1.165) is 18.7 Å². The first kappa shape index (κ1) is 13.7. The molecule has 0 radical (unpaired) electrons. The highest BCUT2D eigenvalue weighted by Gasteiger charge is 2.09. The van der Waals surface area contributed by atoms with Gasteiger partial charge in [-0.2, -0.15) is 0 Å². The molecule has 17 heavy (non-hydrogen) atoms. The third kappa shape index (κ3) is 4.54. The van der Waals surface area contributed by atoms with Crippen molar-refractivity contribution < 1.29 is 4.74 Å². The third-order valence-electron chi connectivity index (χ3n) is 2.34. The van der Waals surface area contributed by atoms with Crippen molar-refractivity contribution in [3.63, 3.8) is 0 Å². The second-order valence-electron chi connectivity index (χ2n) is 3.92. The first-order valence-corrected chi connectivity index (χ1v) is 5.77. The smallest absolute Gasteiger partial charge is 0.145 e. The molecule has 96 valence electrons. The van der Waals surface area contributed by atoms with Gasteiger partial charge in [0, 0.05) is 13.2 Å². The average Bonchev–Trinajstić information content (AvgIpc) is 2.29. The maximum atomic E-state index is 5.34. The molecule has 0 bridgehead atoms. The van der Waals surface area contributed by atoms with E-state index in [2.05, 4.69) is 27.6 Å². The number of aryl methyl sites for hydroxylation is 1. The molecule has 0 aliphatic carbocycles. The Bertz CT molecular complexity index is 339. The molecule has 1 aromatic rings. The lowest BCUT2D eigenvalue weighted by Gasteiger charge is -2.18. The Kier molecular flexibility index (Phi) is 5.65. The van der Waals surface area contributed by atoms with Gasteiger partial charge in [-0.25, -0.2) is 15.8 Å². The van der Waals surface area contributed by atoms with E-state index in [4.69, 9.17) is 10.6 Å². The van der Waals surface area contributed by atoms with E-state index >= 15 is 0 Å². The number of methoxy groups -OCH3 is 1. The number of nitrogen functional groups attached to an aromatic ring is 1. The van der Waals surface area contributed by atoms with Gasteiger partial charge in [-0.15, -0.1) is 0 Å². The second kappa shape index (κ2) is 7.03. The molecule has 1 atom stereocenters. The highest BCUT2D eigenvalue weighted by molar-refractivity contribution is 5.47. The number of nitrogens with zero attached hydrogens (tertiary/aromatic N) is 2. The molecule has 1 aromatic heterocycles. The van der Waals surface area contributed by atoms with Crippen molar-refractivity contribution >= 4 is 11.6 Å². The molecule has 6 heteroatoms. The summed E-state index contributed by atoms with van der Waals surface area (Å²) in [6.45, 7) is 4.63. The number of hydrogen-bond acceptors (Lipinski definition) is 6. The standard InChI is InChI=1S/C11H21N5O/c1-4-5-9(7-17-3)15-10-6-11(16-12)14-8(2)13-10/h6,9H,4-5,7,12H2,1-3H3,(H2,13,14,15,16). The first-order chi connectivity index (χ1) is 8.19. The monoisotopic (exact) mass is 239 g/mol. The van der Waals surface area contributed by atoms with Gasteiger partial charge in [0.15, 0.2) is 0 Å². The van der Waals surface area contributed by atoms with Gasteiger partial charge in [0.25, 0.3) is 0 Å². The molecule has 6 nitrogen and oxygen atoms in total. The normalized spacial score (nSPS) is 12.2. The molecule has 0 aliphatic heterocycles. The van der Waals surface area contributed by atoms with E-state index < -0.39 is 0 Å². The van der Waals surface area contributed by atoms with E-state index in [1.807, 2.05) is 6.92 Å². The van der Waals surface area contributed by atoms with Crippen molar-refractivity contribution in [3.05, 3.63) is 11.9 Å². The Morgan fingerprint density at radius 1 is 1.41 bits per heavy atom. The van der Waals surface area contributed by atoms with Crippen LogP contribution in [0.15, 0.2) is 6.07 Å². The molecule has 0 fully saturated rings. The fourth-order valence-corrected chi connectivity index (χ4v) is 1.67. The lowest BCUT2D eigenvalue weighted by atomic mass is 10.2. The minimum Gasteiger partial charge on any atom is -0.383 e. The third-order valence-corrected chi connectivity index (χ3v) is 2.34. The van der Waals surface area contributed by atoms with Crippen molar-refractivity contribution in [2.75, 3.05) is 24.5 Å². The molecule has 0 aliphatic rings. The van der Waals surface area contributed by atoms with Crippen molar-refractivity contribution in [1.29, 1.82) is 0 Å². The van der Waals surface area contributed by atoms with E-state index in [0.29, 0.717) is 18.2 Å². The summed E-state index contributed by atoms with van der Waals surface area (Å²) in [4.78, 5) is 8.45. The molecular weight excluding hydrogens is 218 g/mol. The van der Waals surface area contributed by atoms with Crippen LogP contribution >= 0.6 is 0 Å². The SMILES string of the molecule is CCCC(COC)Nc1cc(NN)nc(C)n1. The Morgan fingerprint density at radius 3 is 2.71 bits per heavy atom. The van der Waals surface area contributed by atoms with E-state index in [9.17, 15) is 0 Å². The van der Waals surface area contributed by atoms with Crippen molar-refractivity contribution in [2.24, 2.45) is 5.84 Å². The lowest BCUT2D eigenvalue weighted by Crippen LogP contribution is -2.25. The summed E-state index contributed by atoms with van der Waals surface area (Å²) in [5.74, 6) is 7.39. The minimum atomic E-state index is 0.255. The van der Waals surface area contributed by atoms with Crippen LogP contribution in [0, 0.1) is 6.92 Å². The number of nitrogens with two attached hydrogens (primary N) is 1. The molecule has 1 heterocycles. The van der Waals surface area contributed by atoms with E-state index in [-0.39, 0.29) is 6.04 Å². The molecule has 0 saturated heterocycles. The van der Waals surface area contributed by atoms with E-state index in [1.54, 1.807) is 13.2 Å². The minimum absolute atomic E-state index is 0.255. The largest absolute Gasteiger partial charge is 0.383 e. The molecule has 4 N–H and O–H groups in total. The van der Waals surface area contributed by atoms with Crippen LogP contribution in [0.4, 0.5) is 11.6 Å². The number of rotatable bonds is 7. The average molecular weight is 239 g/mol. The van der Waals surface area contributed by atoms with Crippen LogP contribution in [-0.2, 0) is 4.74 Å². The fourth-order valence-electron chi connectivity index (χ4n) is 1.67. The van der Waals surface area contributed by atoms with Crippen LogP contribution in [0.25, 0.3) is 0 Å². The van der Waals surface area contributed by atoms with Gasteiger partial charge in [-0.3, -0.25) is 0 Å². The summed E-state index contributed by atoms with van der Waals surface area (Å²) in [5.41, 5.74) is 2.52. The van der Waals surface area contributed by atoms with Crippen LogP contribution in [0.5, 0.6) is 0 Å². The predicted molar refractivity (Wildman–Crippen MR) is 68.8 cm³/mol. The molecule has 1 rings (SSSR count). The molecular formula is C11H21N5O. The van der Waals surface area contributed by atoms with E-state index in [1.165, 1.54) is 0 Å². The number of ether oxygens (including phenoxy) is 1. The number of aromatic nitrogens is 2. The number of hydrazine groups is 1. The highest BCUT2D eigenvalue weighted by atomic mass is 16.5. The Balaban J connectivity index is 2.73. The zero-order valence-corrected chi connectivity index (χ0v) is 10.7. The van der Waals surface area contributed by atoms with Gasteiger partial charge < -0.3 is 15.5 Å². The number of nitrogens with one attached hydrogen (secondary N) is 2. The zero-order valence-electron chi connectivity index (χ0n) is 10.7. The number of hydrogen-bond donors (Lipinski definition) is 3. The second-order valence-corrected chi connectivity index (χ2v) is 3.92. The maximum Gasteiger partial charge on any atom is 0.145 e. The topological polar surface area (TPSA) is 85.1 Å². The van der Waals surface area contributed by atoms with Crippen LogP contribution in [0.2, 0.25) is 0 Å². The van der Waals surface area contributed by atoms with Gasteiger partial charge in [0.2, 0.25) is 0 Å². The van der Waals surface area contributed by atoms with Gasteiger partial charge in [0.05, 0.1) is 12.6 Å². The number of anilines is 2. The molecule has 0 aromatic carbocycles. The van der Waals surface area contributed by atoms with Gasteiger partial charge in [-0.1, -0.05) is 13.3 Å². The Labute approximate surface area is 102 Å². The Morgan fingerprint density at radius 2 is 2.12 bits per heavy atom. The van der Waals surface area contributed by atoms with Gasteiger partial charge >= 0.3 is 0 Å². The highest BCUT2D eigenvalue weighted by Crippen LogP contribution is 2.12. The van der Waals surface area contributed by atoms with Crippen LogP contribution in [0.1, 0.15) is 25.6 Å². The first-order valence-electron chi connectivity index (χ1n) is 5.77. The molecule has 0 spiro atoms. The molecule has 1 unspecified atom stereocenters.